The molecule has 0 saturated carbocycles. The standard InChI is InChI=1S/C29H33Cl2N3O4S/c1-5-32-29(36)26(17-22-12-7-6-8-13-22)33(18-23-14-15-24(30)25(31)16-23)27(35)19-34(39(4,37)38)28-20(2)10-9-11-21(28)3/h6-16,26H,5,17-19H2,1-4H3,(H,32,36)/t26-/m0/s1. The Labute approximate surface area is 240 Å². The van der Waals surface area contributed by atoms with Crippen LogP contribution in [0.5, 0.6) is 0 Å². The van der Waals surface area contributed by atoms with Crippen molar-refractivity contribution in [3.63, 3.8) is 0 Å². The van der Waals surface area contributed by atoms with E-state index in [1.807, 2.05) is 36.4 Å². The summed E-state index contributed by atoms with van der Waals surface area (Å²) in [6.07, 6.45) is 1.31. The molecule has 1 N–H and O–H groups in total. The highest BCUT2D eigenvalue weighted by molar-refractivity contribution is 7.92. The molecule has 3 aromatic carbocycles. The summed E-state index contributed by atoms with van der Waals surface area (Å²) < 4.78 is 27.1. The van der Waals surface area contributed by atoms with E-state index in [0.29, 0.717) is 39.0 Å². The lowest BCUT2D eigenvalue weighted by atomic mass is 10.0. The fourth-order valence-corrected chi connectivity index (χ4v) is 5.74. The molecule has 7 nitrogen and oxygen atoms in total. The minimum absolute atomic E-state index is 0.0225. The molecule has 0 saturated heterocycles. The van der Waals surface area contributed by atoms with Crippen molar-refractivity contribution in [2.75, 3.05) is 23.7 Å². The normalized spacial score (nSPS) is 12.1. The number of hydrogen-bond donors (Lipinski definition) is 1. The average molecular weight is 591 g/mol. The smallest absolute Gasteiger partial charge is 0.244 e. The molecule has 39 heavy (non-hydrogen) atoms. The van der Waals surface area contributed by atoms with Crippen molar-refractivity contribution in [1.82, 2.24) is 10.2 Å². The zero-order valence-electron chi connectivity index (χ0n) is 22.4. The Hall–Kier alpha value is -3.07. The number of para-hydroxylation sites is 1. The fraction of sp³-hybridized carbons (Fsp3) is 0.310. The lowest BCUT2D eigenvalue weighted by Gasteiger charge is -2.34. The number of anilines is 1. The molecule has 0 unspecified atom stereocenters. The van der Waals surface area contributed by atoms with Crippen molar-refractivity contribution in [1.29, 1.82) is 0 Å². The number of aryl methyl sites for hydroxylation is 2. The quantitative estimate of drug-likeness (QED) is 0.335. The van der Waals surface area contributed by atoms with Crippen LogP contribution in [-0.2, 0) is 32.6 Å². The van der Waals surface area contributed by atoms with Crippen LogP contribution in [-0.4, -0.2) is 50.5 Å². The number of nitrogens with one attached hydrogen (secondary N) is 1. The number of hydrogen-bond acceptors (Lipinski definition) is 4. The van der Waals surface area contributed by atoms with Gasteiger partial charge in [-0.2, -0.15) is 0 Å². The molecule has 3 rings (SSSR count). The van der Waals surface area contributed by atoms with Gasteiger partial charge in [-0.25, -0.2) is 8.42 Å². The maximum Gasteiger partial charge on any atom is 0.244 e. The fourth-order valence-electron chi connectivity index (χ4n) is 4.46. The third-order valence-corrected chi connectivity index (χ3v) is 8.18. The Kier molecular flexibility index (Phi) is 10.4. The Morgan fingerprint density at radius 3 is 2.10 bits per heavy atom. The Bertz CT molecular complexity index is 1410. The summed E-state index contributed by atoms with van der Waals surface area (Å²) in [7, 11) is -3.85. The molecule has 3 aromatic rings. The third kappa shape index (κ3) is 7.97. The van der Waals surface area contributed by atoms with Crippen molar-refractivity contribution >= 4 is 50.7 Å². The number of carbonyl (C=O) groups excluding carboxylic acids is 2. The average Bonchev–Trinajstić information content (AvgIpc) is 2.87. The predicted molar refractivity (Wildman–Crippen MR) is 158 cm³/mol. The van der Waals surface area contributed by atoms with Gasteiger partial charge < -0.3 is 10.2 Å². The second-order valence-electron chi connectivity index (χ2n) is 9.38. The number of sulfonamides is 1. The third-order valence-electron chi connectivity index (χ3n) is 6.33. The molecule has 10 heteroatoms. The molecule has 0 aliphatic rings. The molecule has 0 bridgehead atoms. The summed E-state index contributed by atoms with van der Waals surface area (Å²) in [5.74, 6) is -0.867. The molecule has 2 amide bonds. The Morgan fingerprint density at radius 1 is 0.897 bits per heavy atom. The minimum Gasteiger partial charge on any atom is -0.355 e. The van der Waals surface area contributed by atoms with Crippen molar-refractivity contribution in [2.45, 2.75) is 39.8 Å². The molecule has 0 heterocycles. The van der Waals surface area contributed by atoms with E-state index in [-0.39, 0.29) is 18.9 Å². The van der Waals surface area contributed by atoms with E-state index in [1.165, 1.54) is 4.90 Å². The number of carbonyl (C=O) groups is 2. The number of halogens is 2. The molecule has 208 valence electrons. The Morgan fingerprint density at radius 2 is 1.54 bits per heavy atom. The van der Waals surface area contributed by atoms with Gasteiger partial charge in [-0.15, -0.1) is 0 Å². The van der Waals surface area contributed by atoms with Gasteiger partial charge in [-0.3, -0.25) is 13.9 Å². The number of rotatable bonds is 11. The first-order chi connectivity index (χ1) is 18.4. The molecule has 0 fully saturated rings. The van der Waals surface area contributed by atoms with Gasteiger partial charge in [0.1, 0.15) is 12.6 Å². The van der Waals surface area contributed by atoms with Crippen LogP contribution >= 0.6 is 23.2 Å². The molecular formula is C29H33Cl2N3O4S. The van der Waals surface area contributed by atoms with Gasteiger partial charge >= 0.3 is 0 Å². The summed E-state index contributed by atoms with van der Waals surface area (Å²) in [6.45, 7) is 5.31. The molecule has 0 aliphatic heterocycles. The summed E-state index contributed by atoms with van der Waals surface area (Å²) in [4.78, 5) is 28.9. The van der Waals surface area contributed by atoms with Gasteiger partial charge in [-0.05, 0) is 55.2 Å². The van der Waals surface area contributed by atoms with Crippen LogP contribution in [0.15, 0.2) is 66.7 Å². The zero-order valence-corrected chi connectivity index (χ0v) is 24.8. The van der Waals surface area contributed by atoms with Crippen LogP contribution in [0.1, 0.15) is 29.2 Å². The highest BCUT2D eigenvalue weighted by Crippen LogP contribution is 2.28. The highest BCUT2D eigenvalue weighted by Gasteiger charge is 2.33. The molecule has 1 atom stereocenters. The van der Waals surface area contributed by atoms with Crippen LogP contribution in [0.2, 0.25) is 10.0 Å². The zero-order chi connectivity index (χ0) is 28.7. The van der Waals surface area contributed by atoms with Crippen molar-refractivity contribution in [3.05, 3.63) is 99.0 Å². The minimum atomic E-state index is -3.85. The lowest BCUT2D eigenvalue weighted by molar-refractivity contribution is -0.140. The number of amides is 2. The van der Waals surface area contributed by atoms with Crippen molar-refractivity contribution in [3.8, 4) is 0 Å². The van der Waals surface area contributed by atoms with Gasteiger partial charge in [0.25, 0.3) is 0 Å². The Balaban J connectivity index is 2.09. The molecule has 0 radical (unpaired) electrons. The maximum atomic E-state index is 14.1. The monoisotopic (exact) mass is 589 g/mol. The summed E-state index contributed by atoms with van der Waals surface area (Å²) in [5.41, 5.74) is 3.39. The molecule has 0 spiro atoms. The highest BCUT2D eigenvalue weighted by atomic mass is 35.5. The van der Waals surface area contributed by atoms with E-state index < -0.39 is 28.5 Å². The predicted octanol–water partition coefficient (Wildman–Crippen LogP) is 5.15. The van der Waals surface area contributed by atoms with E-state index in [2.05, 4.69) is 5.32 Å². The van der Waals surface area contributed by atoms with E-state index >= 15 is 0 Å². The number of nitrogens with zero attached hydrogens (tertiary/aromatic N) is 2. The van der Waals surface area contributed by atoms with E-state index in [4.69, 9.17) is 23.2 Å². The van der Waals surface area contributed by atoms with Crippen molar-refractivity contribution < 1.29 is 18.0 Å². The first-order valence-corrected chi connectivity index (χ1v) is 15.1. The van der Waals surface area contributed by atoms with Crippen molar-refractivity contribution in [2.24, 2.45) is 0 Å². The van der Waals surface area contributed by atoms with E-state index in [9.17, 15) is 18.0 Å². The molecule has 0 aromatic heterocycles. The van der Waals surface area contributed by atoms with Crippen LogP contribution in [0.3, 0.4) is 0 Å². The first kappa shape index (κ1) is 30.5. The molecule has 0 aliphatic carbocycles. The molecular weight excluding hydrogens is 557 g/mol. The summed E-state index contributed by atoms with van der Waals surface area (Å²) >= 11 is 12.4. The van der Waals surface area contributed by atoms with Gasteiger partial charge in [0.05, 0.1) is 22.0 Å². The van der Waals surface area contributed by atoms with Gasteiger partial charge in [0.2, 0.25) is 21.8 Å². The van der Waals surface area contributed by atoms with Crippen LogP contribution in [0.25, 0.3) is 0 Å². The van der Waals surface area contributed by atoms with Crippen LogP contribution in [0, 0.1) is 13.8 Å². The maximum absolute atomic E-state index is 14.1. The summed E-state index contributed by atoms with van der Waals surface area (Å²) in [6, 6.07) is 18.9. The van der Waals surface area contributed by atoms with E-state index in [1.54, 1.807) is 51.1 Å². The number of likely N-dealkylation sites (N-methyl/N-ethyl adjacent to an activating group) is 1. The van der Waals surface area contributed by atoms with E-state index in [0.717, 1.165) is 16.1 Å². The largest absolute Gasteiger partial charge is 0.355 e. The SMILES string of the molecule is CCNC(=O)[C@H](Cc1ccccc1)N(Cc1ccc(Cl)c(Cl)c1)C(=O)CN(c1c(C)cccc1C)S(C)(=O)=O. The van der Waals surface area contributed by atoms with Crippen LogP contribution in [0.4, 0.5) is 5.69 Å². The summed E-state index contributed by atoms with van der Waals surface area (Å²) in [5, 5.41) is 3.50. The first-order valence-electron chi connectivity index (χ1n) is 12.5. The van der Waals surface area contributed by atoms with Crippen LogP contribution < -0.4 is 9.62 Å². The second kappa shape index (κ2) is 13.3. The second-order valence-corrected chi connectivity index (χ2v) is 12.1. The van der Waals surface area contributed by atoms with Gasteiger partial charge in [0.15, 0.2) is 0 Å². The number of benzene rings is 3. The topological polar surface area (TPSA) is 86.8 Å². The van der Waals surface area contributed by atoms with Gasteiger partial charge in [-0.1, -0.05) is 77.8 Å². The lowest BCUT2D eigenvalue weighted by Crippen LogP contribution is -2.53. The van der Waals surface area contributed by atoms with Gasteiger partial charge in [0, 0.05) is 19.5 Å².